The molecule has 0 atom stereocenters. The molecule has 0 saturated carbocycles. The molecule has 0 amide bonds. The van der Waals surface area contributed by atoms with E-state index in [1.54, 1.807) is 15.6 Å². The standard InChI is InChI=1S/C10H8IN5/c1-15-6-8(5-12-15)16-10-3-2-7(11)4-9(10)13-14-16/h2-6H,1H3. The summed E-state index contributed by atoms with van der Waals surface area (Å²) < 4.78 is 4.69. The molecule has 0 saturated heterocycles. The third kappa shape index (κ3) is 1.49. The van der Waals surface area contributed by atoms with Crippen molar-refractivity contribution in [3.05, 3.63) is 34.2 Å². The minimum atomic E-state index is 0.899. The number of hydrogen-bond acceptors (Lipinski definition) is 3. The van der Waals surface area contributed by atoms with Crippen LogP contribution in [0, 0.1) is 3.57 Å². The second-order valence-corrected chi connectivity index (χ2v) is 4.75. The van der Waals surface area contributed by atoms with Gasteiger partial charge in [0.2, 0.25) is 0 Å². The molecule has 0 aliphatic carbocycles. The van der Waals surface area contributed by atoms with Crippen molar-refractivity contribution >= 4 is 33.6 Å². The lowest BCUT2D eigenvalue weighted by Gasteiger charge is -1.96. The van der Waals surface area contributed by atoms with E-state index in [2.05, 4.69) is 38.0 Å². The summed E-state index contributed by atoms with van der Waals surface area (Å²) >= 11 is 2.26. The van der Waals surface area contributed by atoms with Gasteiger partial charge in [-0.25, -0.2) is 4.68 Å². The number of fused-ring (bicyclic) bond motifs is 1. The van der Waals surface area contributed by atoms with E-state index in [0.717, 1.165) is 20.3 Å². The summed E-state index contributed by atoms with van der Waals surface area (Å²) in [6, 6.07) is 6.07. The van der Waals surface area contributed by atoms with Crippen LogP contribution in [0.25, 0.3) is 16.7 Å². The van der Waals surface area contributed by atoms with E-state index in [1.165, 1.54) is 0 Å². The predicted molar refractivity (Wildman–Crippen MR) is 68.3 cm³/mol. The topological polar surface area (TPSA) is 48.5 Å². The molecular weight excluding hydrogens is 317 g/mol. The fraction of sp³-hybridized carbons (Fsp3) is 0.100. The lowest BCUT2D eigenvalue weighted by molar-refractivity contribution is 0.765. The monoisotopic (exact) mass is 325 g/mol. The Balaban J connectivity index is 2.25. The highest BCUT2D eigenvalue weighted by Crippen LogP contribution is 2.17. The van der Waals surface area contributed by atoms with Crippen LogP contribution in [0.1, 0.15) is 0 Å². The van der Waals surface area contributed by atoms with Gasteiger partial charge in [-0.15, -0.1) is 5.10 Å². The Kier molecular flexibility index (Phi) is 2.16. The van der Waals surface area contributed by atoms with Crippen LogP contribution in [0.15, 0.2) is 30.6 Å². The maximum absolute atomic E-state index is 4.14. The molecule has 3 rings (SSSR count). The minimum Gasteiger partial charge on any atom is -0.274 e. The normalized spacial score (nSPS) is 11.1. The summed E-state index contributed by atoms with van der Waals surface area (Å²) in [5, 5.41) is 12.4. The summed E-state index contributed by atoms with van der Waals surface area (Å²) in [5.74, 6) is 0. The molecule has 0 aliphatic heterocycles. The number of benzene rings is 1. The number of hydrogen-bond donors (Lipinski definition) is 0. The summed E-state index contributed by atoms with van der Waals surface area (Å²) in [7, 11) is 1.88. The van der Waals surface area contributed by atoms with Crippen molar-refractivity contribution in [3.8, 4) is 5.69 Å². The van der Waals surface area contributed by atoms with Crippen LogP contribution in [0.5, 0.6) is 0 Å². The first-order valence-corrected chi connectivity index (χ1v) is 5.82. The molecule has 5 nitrogen and oxygen atoms in total. The summed E-state index contributed by atoms with van der Waals surface area (Å²) in [4.78, 5) is 0. The van der Waals surface area contributed by atoms with Crippen molar-refractivity contribution in [3.63, 3.8) is 0 Å². The van der Waals surface area contributed by atoms with Crippen LogP contribution < -0.4 is 0 Å². The number of nitrogens with zero attached hydrogens (tertiary/aromatic N) is 5. The maximum atomic E-state index is 4.14. The van der Waals surface area contributed by atoms with Gasteiger partial charge in [-0.05, 0) is 40.8 Å². The third-order valence-corrected chi connectivity index (χ3v) is 3.01. The average Bonchev–Trinajstić information content (AvgIpc) is 2.83. The number of aryl methyl sites for hydroxylation is 1. The summed E-state index contributed by atoms with van der Waals surface area (Å²) in [5.41, 5.74) is 2.82. The van der Waals surface area contributed by atoms with Gasteiger partial charge in [-0.2, -0.15) is 5.10 Å². The van der Waals surface area contributed by atoms with Gasteiger partial charge in [0.25, 0.3) is 0 Å². The highest BCUT2D eigenvalue weighted by Gasteiger charge is 2.07. The molecule has 0 radical (unpaired) electrons. The first-order valence-electron chi connectivity index (χ1n) is 4.74. The quantitative estimate of drug-likeness (QED) is 0.641. The van der Waals surface area contributed by atoms with E-state index in [0.29, 0.717) is 0 Å². The lowest BCUT2D eigenvalue weighted by atomic mass is 10.3. The van der Waals surface area contributed by atoms with Crippen LogP contribution in [0.4, 0.5) is 0 Å². The van der Waals surface area contributed by atoms with Gasteiger partial charge in [0, 0.05) is 10.6 Å². The zero-order chi connectivity index (χ0) is 11.1. The van der Waals surface area contributed by atoms with Crippen molar-refractivity contribution in [2.24, 2.45) is 7.05 Å². The predicted octanol–water partition coefficient (Wildman–Crippen LogP) is 1.76. The minimum absolute atomic E-state index is 0.899. The van der Waals surface area contributed by atoms with Gasteiger partial charge in [-0.3, -0.25) is 4.68 Å². The molecule has 1 aromatic carbocycles. The van der Waals surface area contributed by atoms with Crippen molar-refractivity contribution < 1.29 is 0 Å². The van der Waals surface area contributed by atoms with Crippen LogP contribution in [0.3, 0.4) is 0 Å². The van der Waals surface area contributed by atoms with Gasteiger partial charge < -0.3 is 0 Å². The van der Waals surface area contributed by atoms with E-state index in [1.807, 2.05) is 31.4 Å². The van der Waals surface area contributed by atoms with Gasteiger partial charge >= 0.3 is 0 Å². The van der Waals surface area contributed by atoms with Gasteiger partial charge in [0.05, 0.1) is 17.9 Å². The highest BCUT2D eigenvalue weighted by atomic mass is 127. The average molecular weight is 325 g/mol. The second kappa shape index (κ2) is 3.55. The van der Waals surface area contributed by atoms with Gasteiger partial charge in [0.15, 0.2) is 0 Å². The van der Waals surface area contributed by atoms with E-state index in [-0.39, 0.29) is 0 Å². The zero-order valence-corrected chi connectivity index (χ0v) is 10.7. The van der Waals surface area contributed by atoms with E-state index in [4.69, 9.17) is 0 Å². The molecule has 0 unspecified atom stereocenters. The van der Waals surface area contributed by atoms with Gasteiger partial charge in [-0.1, -0.05) is 5.21 Å². The molecular formula is C10H8IN5. The molecule has 80 valence electrons. The largest absolute Gasteiger partial charge is 0.274 e. The van der Waals surface area contributed by atoms with Crippen LogP contribution in [-0.4, -0.2) is 24.8 Å². The van der Waals surface area contributed by atoms with E-state index in [9.17, 15) is 0 Å². The van der Waals surface area contributed by atoms with Crippen molar-refractivity contribution in [1.29, 1.82) is 0 Å². The number of rotatable bonds is 1. The first-order chi connectivity index (χ1) is 7.74. The van der Waals surface area contributed by atoms with Crippen LogP contribution >= 0.6 is 22.6 Å². The Morgan fingerprint density at radius 1 is 1.31 bits per heavy atom. The fourth-order valence-electron chi connectivity index (χ4n) is 1.61. The Hall–Kier alpha value is -1.44. The maximum Gasteiger partial charge on any atom is 0.114 e. The highest BCUT2D eigenvalue weighted by molar-refractivity contribution is 14.1. The molecule has 0 N–H and O–H groups in total. The summed E-state index contributed by atoms with van der Waals surface area (Å²) in [6.45, 7) is 0. The Morgan fingerprint density at radius 2 is 2.19 bits per heavy atom. The SMILES string of the molecule is Cn1cc(-n2nnc3cc(I)ccc32)cn1. The fourth-order valence-corrected chi connectivity index (χ4v) is 2.08. The molecule has 0 aliphatic rings. The molecule has 0 bridgehead atoms. The third-order valence-electron chi connectivity index (χ3n) is 2.34. The van der Waals surface area contributed by atoms with Crippen LogP contribution in [0.2, 0.25) is 0 Å². The molecule has 6 heteroatoms. The Bertz CT molecular complexity index is 654. The number of aromatic nitrogens is 5. The number of halogens is 1. The first kappa shape index (κ1) is 9.76. The molecule has 2 aromatic heterocycles. The lowest BCUT2D eigenvalue weighted by Crippen LogP contribution is -1.94. The second-order valence-electron chi connectivity index (χ2n) is 3.51. The van der Waals surface area contributed by atoms with Crippen molar-refractivity contribution in [2.45, 2.75) is 0 Å². The Labute approximate surface area is 105 Å². The van der Waals surface area contributed by atoms with Gasteiger partial charge in [0.1, 0.15) is 11.2 Å². The van der Waals surface area contributed by atoms with Crippen LogP contribution in [-0.2, 0) is 7.05 Å². The molecule has 0 spiro atoms. The van der Waals surface area contributed by atoms with Crippen molar-refractivity contribution in [1.82, 2.24) is 24.8 Å². The van der Waals surface area contributed by atoms with Crippen molar-refractivity contribution in [2.75, 3.05) is 0 Å². The van der Waals surface area contributed by atoms with E-state index < -0.39 is 0 Å². The molecule has 3 aromatic rings. The summed E-state index contributed by atoms with van der Waals surface area (Å²) in [6.07, 6.45) is 3.68. The van der Waals surface area contributed by atoms with E-state index >= 15 is 0 Å². The Morgan fingerprint density at radius 3 is 2.94 bits per heavy atom. The zero-order valence-electron chi connectivity index (χ0n) is 8.50. The molecule has 16 heavy (non-hydrogen) atoms. The smallest absolute Gasteiger partial charge is 0.114 e. The molecule has 2 heterocycles. The molecule has 0 fully saturated rings.